The van der Waals surface area contributed by atoms with Crippen molar-refractivity contribution >= 4 is 22.6 Å². The molecule has 1 saturated heterocycles. The maximum atomic E-state index is 3.50. The van der Waals surface area contributed by atoms with Crippen molar-refractivity contribution in [2.45, 2.75) is 23.8 Å². The molecular weight excluding hydrogens is 263 g/mol. The van der Waals surface area contributed by atoms with Gasteiger partial charge in [0, 0.05) is 0 Å². The average molecular weight is 282 g/mol. The molecule has 1 atom stereocenters. The van der Waals surface area contributed by atoms with Crippen molar-refractivity contribution in [2.24, 2.45) is 5.92 Å². The zero-order valence-electron chi connectivity index (χ0n) is 8.02. The lowest BCUT2D eigenvalue weighted by molar-refractivity contribution is 0.216. The maximum absolute atomic E-state index is 3.50. The quantitative estimate of drug-likeness (QED) is 0.481. The van der Waals surface area contributed by atoms with Gasteiger partial charge in [-0.25, -0.2) is 0 Å². The van der Waals surface area contributed by atoms with Crippen LogP contribution < -0.4 is 5.32 Å². The van der Waals surface area contributed by atoms with Gasteiger partial charge < -0.3 is 10.2 Å². The number of alkyl halides is 1. The van der Waals surface area contributed by atoms with Crippen LogP contribution in [0, 0.1) is 5.92 Å². The average Bonchev–Trinajstić information content (AvgIpc) is 2.03. The summed E-state index contributed by atoms with van der Waals surface area (Å²) >= 11 is 2.42. The first kappa shape index (κ1) is 10.7. The summed E-state index contributed by atoms with van der Waals surface area (Å²) in [6, 6.07) is 0. The number of nitrogens with one attached hydrogen (secondary N) is 1. The Morgan fingerprint density at radius 1 is 1.50 bits per heavy atom. The molecule has 0 amide bonds. The minimum atomic E-state index is 0.613. The van der Waals surface area contributed by atoms with Gasteiger partial charge in [0.05, 0.1) is 4.05 Å². The summed E-state index contributed by atoms with van der Waals surface area (Å²) in [5, 5.41) is 3.50. The maximum Gasteiger partial charge on any atom is 0.0565 e. The van der Waals surface area contributed by atoms with Crippen LogP contribution in [0.5, 0.6) is 0 Å². The Kier molecular flexibility index (Phi) is 4.82. The van der Waals surface area contributed by atoms with Crippen molar-refractivity contribution in [1.29, 1.82) is 0 Å². The molecule has 0 aromatic heterocycles. The van der Waals surface area contributed by atoms with Gasteiger partial charge in [-0.3, -0.25) is 0 Å². The molecule has 1 heterocycles. The molecule has 2 nitrogen and oxygen atoms in total. The Bertz CT molecular complexity index is 120. The fourth-order valence-electron chi connectivity index (χ4n) is 1.60. The lowest BCUT2D eigenvalue weighted by Gasteiger charge is -2.29. The van der Waals surface area contributed by atoms with Gasteiger partial charge in [0.25, 0.3) is 0 Å². The third-order valence-electron chi connectivity index (χ3n) is 2.53. The number of nitrogens with zero attached hydrogens (tertiary/aromatic N) is 1. The highest BCUT2D eigenvalue weighted by atomic mass is 127. The van der Waals surface area contributed by atoms with Crippen LogP contribution in [-0.4, -0.2) is 35.6 Å². The minimum Gasteiger partial charge on any atom is -0.306 e. The predicted octanol–water partition coefficient (Wildman–Crippen LogP) is 1.70. The molecule has 12 heavy (non-hydrogen) atoms. The predicted molar refractivity (Wildman–Crippen MR) is 61.7 cm³/mol. The molecule has 1 aliphatic rings. The molecule has 0 radical (unpaired) electrons. The lowest BCUT2D eigenvalue weighted by Crippen LogP contribution is -2.36. The van der Waals surface area contributed by atoms with E-state index in [-0.39, 0.29) is 0 Å². The summed E-state index contributed by atoms with van der Waals surface area (Å²) in [4.78, 5) is 2.42. The van der Waals surface area contributed by atoms with Crippen molar-refractivity contribution in [3.63, 3.8) is 0 Å². The number of hydrogen-bond acceptors (Lipinski definition) is 2. The molecule has 1 fully saturated rings. The van der Waals surface area contributed by atoms with Gasteiger partial charge in [0.15, 0.2) is 0 Å². The molecule has 3 heteroatoms. The van der Waals surface area contributed by atoms with E-state index in [0.717, 1.165) is 5.92 Å². The van der Waals surface area contributed by atoms with Gasteiger partial charge in [-0.1, -0.05) is 22.6 Å². The molecular formula is C9H19IN2. The van der Waals surface area contributed by atoms with Crippen LogP contribution in [0.1, 0.15) is 19.8 Å². The van der Waals surface area contributed by atoms with Crippen molar-refractivity contribution < 1.29 is 0 Å². The van der Waals surface area contributed by atoms with Crippen LogP contribution in [-0.2, 0) is 0 Å². The Hall–Kier alpha value is 0.650. The zero-order chi connectivity index (χ0) is 8.97. The lowest BCUT2D eigenvalue weighted by atomic mass is 9.97. The topological polar surface area (TPSA) is 15.3 Å². The molecule has 0 aromatic rings. The summed E-state index contributed by atoms with van der Waals surface area (Å²) in [6.45, 7) is 5.97. The summed E-state index contributed by atoms with van der Waals surface area (Å²) < 4.78 is 0.613. The van der Waals surface area contributed by atoms with Crippen molar-refractivity contribution in [1.82, 2.24) is 10.2 Å². The Labute approximate surface area is 89.2 Å². The van der Waals surface area contributed by atoms with Crippen LogP contribution in [0.4, 0.5) is 0 Å². The summed E-state index contributed by atoms with van der Waals surface area (Å²) in [7, 11) is 2.21. The fourth-order valence-corrected chi connectivity index (χ4v) is 1.85. The number of likely N-dealkylation sites (tertiary alicyclic amines) is 1. The molecule has 1 aliphatic heterocycles. The second-order valence-corrected chi connectivity index (χ2v) is 5.64. The van der Waals surface area contributed by atoms with Crippen LogP contribution in [0.3, 0.4) is 0 Å². The minimum absolute atomic E-state index is 0.613. The van der Waals surface area contributed by atoms with E-state index in [2.05, 4.69) is 46.8 Å². The Morgan fingerprint density at radius 3 is 2.58 bits per heavy atom. The normalized spacial score (nSPS) is 24.2. The molecule has 0 aliphatic carbocycles. The first-order chi connectivity index (χ1) is 5.68. The van der Waals surface area contributed by atoms with Crippen LogP contribution >= 0.6 is 22.6 Å². The first-order valence-electron chi connectivity index (χ1n) is 4.74. The highest BCUT2D eigenvalue weighted by molar-refractivity contribution is 14.1. The third kappa shape index (κ3) is 4.05. The molecule has 0 aromatic carbocycles. The van der Waals surface area contributed by atoms with Crippen LogP contribution in [0.25, 0.3) is 0 Å². The van der Waals surface area contributed by atoms with Crippen molar-refractivity contribution in [3.8, 4) is 0 Å². The van der Waals surface area contributed by atoms with Crippen LogP contribution in [0.2, 0.25) is 0 Å². The van der Waals surface area contributed by atoms with Gasteiger partial charge >= 0.3 is 0 Å². The van der Waals surface area contributed by atoms with Gasteiger partial charge in [-0.2, -0.15) is 0 Å². The smallest absolute Gasteiger partial charge is 0.0565 e. The molecule has 0 unspecified atom stereocenters. The number of rotatable bonds is 3. The summed E-state index contributed by atoms with van der Waals surface area (Å²) in [5.41, 5.74) is 0. The second kappa shape index (κ2) is 5.40. The van der Waals surface area contributed by atoms with Gasteiger partial charge in [0.2, 0.25) is 0 Å². The summed E-state index contributed by atoms with van der Waals surface area (Å²) in [6.07, 6.45) is 2.74. The Balaban J connectivity index is 2.09. The SMILES string of the molecule is C[C@@H](I)NCC1CCN(C)CC1. The molecule has 1 rings (SSSR count). The van der Waals surface area contributed by atoms with E-state index >= 15 is 0 Å². The van der Waals surface area contributed by atoms with E-state index in [1.165, 1.54) is 32.5 Å². The molecule has 0 bridgehead atoms. The molecule has 0 spiro atoms. The third-order valence-corrected chi connectivity index (χ3v) is 2.97. The van der Waals surface area contributed by atoms with E-state index in [9.17, 15) is 0 Å². The van der Waals surface area contributed by atoms with Crippen LogP contribution in [0.15, 0.2) is 0 Å². The van der Waals surface area contributed by atoms with Crippen molar-refractivity contribution in [3.05, 3.63) is 0 Å². The van der Waals surface area contributed by atoms with E-state index in [4.69, 9.17) is 0 Å². The largest absolute Gasteiger partial charge is 0.306 e. The standard InChI is InChI=1S/C9H19IN2/c1-8(10)11-7-9-3-5-12(2)6-4-9/h8-9,11H,3-7H2,1-2H3/t8-/m0/s1. The van der Waals surface area contributed by atoms with Crippen molar-refractivity contribution in [2.75, 3.05) is 26.7 Å². The Morgan fingerprint density at radius 2 is 2.08 bits per heavy atom. The van der Waals surface area contributed by atoms with Gasteiger partial charge in [0.1, 0.15) is 0 Å². The second-order valence-electron chi connectivity index (χ2n) is 3.77. The van der Waals surface area contributed by atoms with Gasteiger partial charge in [-0.05, 0) is 52.4 Å². The monoisotopic (exact) mass is 282 g/mol. The highest BCUT2D eigenvalue weighted by Gasteiger charge is 2.16. The molecule has 1 N–H and O–H groups in total. The fraction of sp³-hybridized carbons (Fsp3) is 1.00. The molecule has 72 valence electrons. The van der Waals surface area contributed by atoms with E-state index in [1.54, 1.807) is 0 Å². The number of halogens is 1. The molecule has 0 saturated carbocycles. The highest BCUT2D eigenvalue weighted by Crippen LogP contribution is 2.15. The van der Waals surface area contributed by atoms with E-state index in [0.29, 0.717) is 4.05 Å². The zero-order valence-corrected chi connectivity index (χ0v) is 10.2. The number of hydrogen-bond donors (Lipinski definition) is 1. The van der Waals surface area contributed by atoms with Gasteiger partial charge in [-0.15, -0.1) is 0 Å². The van der Waals surface area contributed by atoms with E-state index in [1.807, 2.05) is 0 Å². The summed E-state index contributed by atoms with van der Waals surface area (Å²) in [5.74, 6) is 0.915. The van der Waals surface area contributed by atoms with E-state index < -0.39 is 0 Å². The number of piperidine rings is 1. The first-order valence-corrected chi connectivity index (χ1v) is 5.99.